The largest absolute Gasteiger partial charge is 0.329 e. The minimum absolute atomic E-state index is 0.224. The molecule has 66 valence electrons. The van der Waals surface area contributed by atoms with Crippen LogP contribution in [0.1, 0.15) is 11.6 Å². The highest BCUT2D eigenvalue weighted by atomic mass is 127. The maximum absolute atomic E-state index is 5.85. The fraction of sp³-hybridized carbons (Fsp3) is 0.286. The molecule has 0 saturated carbocycles. The Morgan fingerprint density at radius 1 is 1.67 bits per heavy atom. The Bertz CT molecular complexity index is 259. The summed E-state index contributed by atoms with van der Waals surface area (Å²) in [5.74, 6) is 0. The number of aromatic nitrogens is 1. The molecule has 0 radical (unpaired) electrons. The van der Waals surface area contributed by atoms with Crippen molar-refractivity contribution in [2.45, 2.75) is 6.04 Å². The molecule has 4 N–H and O–H groups in total. The zero-order chi connectivity index (χ0) is 9.14. The molecule has 0 aliphatic heterocycles. The van der Waals surface area contributed by atoms with Gasteiger partial charge in [0.05, 0.1) is 0 Å². The van der Waals surface area contributed by atoms with Gasteiger partial charge in [-0.2, -0.15) is 0 Å². The predicted molar refractivity (Wildman–Crippen MR) is 57.9 cm³/mol. The third-order valence-corrected chi connectivity index (χ3v) is 2.75. The van der Waals surface area contributed by atoms with Crippen LogP contribution in [0.3, 0.4) is 0 Å². The number of rotatable bonds is 2. The Hall–Kier alpha value is 0.0900. The van der Waals surface area contributed by atoms with Gasteiger partial charge in [0.15, 0.2) is 0 Å². The van der Waals surface area contributed by atoms with E-state index in [0.29, 0.717) is 11.7 Å². The molecule has 3 nitrogen and oxygen atoms in total. The van der Waals surface area contributed by atoms with Crippen molar-refractivity contribution in [3.63, 3.8) is 0 Å². The first-order valence-electron chi connectivity index (χ1n) is 3.42. The third kappa shape index (κ3) is 2.07. The molecule has 0 fully saturated rings. The van der Waals surface area contributed by atoms with Crippen LogP contribution in [0.5, 0.6) is 0 Å². The molecule has 1 aromatic rings. The van der Waals surface area contributed by atoms with Crippen molar-refractivity contribution in [1.29, 1.82) is 0 Å². The molecule has 0 saturated heterocycles. The normalized spacial score (nSPS) is 13.0. The maximum atomic E-state index is 5.85. The van der Waals surface area contributed by atoms with Crippen LogP contribution in [0.4, 0.5) is 0 Å². The van der Waals surface area contributed by atoms with Crippen LogP contribution >= 0.6 is 34.2 Å². The second kappa shape index (κ2) is 4.36. The summed E-state index contributed by atoms with van der Waals surface area (Å²) in [6.07, 6.45) is 1.65. The summed E-state index contributed by atoms with van der Waals surface area (Å²) in [7, 11) is 0. The highest BCUT2D eigenvalue weighted by Crippen LogP contribution is 2.23. The highest BCUT2D eigenvalue weighted by molar-refractivity contribution is 14.1. The molecule has 0 aliphatic carbocycles. The molecule has 0 aromatic carbocycles. The Labute approximate surface area is 89.6 Å². The van der Waals surface area contributed by atoms with Crippen molar-refractivity contribution >= 4 is 34.2 Å². The fourth-order valence-corrected chi connectivity index (χ4v) is 2.15. The number of hydrogen-bond donors (Lipinski definition) is 2. The zero-order valence-corrected chi connectivity index (χ0v) is 9.21. The summed E-state index contributed by atoms with van der Waals surface area (Å²) in [5.41, 5.74) is 12.0. The van der Waals surface area contributed by atoms with Crippen molar-refractivity contribution in [2.75, 3.05) is 6.54 Å². The molecular weight excluding hydrogens is 288 g/mol. The zero-order valence-electron chi connectivity index (χ0n) is 6.30. The molecule has 12 heavy (non-hydrogen) atoms. The average molecular weight is 298 g/mol. The van der Waals surface area contributed by atoms with Gasteiger partial charge in [0.25, 0.3) is 0 Å². The van der Waals surface area contributed by atoms with E-state index in [1.165, 1.54) is 0 Å². The SMILES string of the molecule is NC[C@@H](N)c1c(I)ccnc1Cl. The smallest absolute Gasteiger partial charge is 0.134 e. The summed E-state index contributed by atoms with van der Waals surface area (Å²) in [6, 6.07) is 1.63. The molecular formula is C7H9ClIN3. The minimum Gasteiger partial charge on any atom is -0.329 e. The molecule has 0 bridgehead atoms. The Morgan fingerprint density at radius 3 is 2.83 bits per heavy atom. The summed E-state index contributed by atoms with van der Waals surface area (Å²) >= 11 is 8.02. The van der Waals surface area contributed by atoms with Crippen LogP contribution in [-0.4, -0.2) is 11.5 Å². The van der Waals surface area contributed by atoms with E-state index in [4.69, 9.17) is 23.1 Å². The van der Waals surface area contributed by atoms with E-state index in [2.05, 4.69) is 27.6 Å². The maximum Gasteiger partial charge on any atom is 0.134 e. The topological polar surface area (TPSA) is 64.9 Å². The van der Waals surface area contributed by atoms with Crippen LogP contribution in [0, 0.1) is 3.57 Å². The number of hydrogen-bond acceptors (Lipinski definition) is 3. The molecule has 0 amide bonds. The Balaban J connectivity index is 3.12. The van der Waals surface area contributed by atoms with Gasteiger partial charge in [0.1, 0.15) is 5.15 Å². The average Bonchev–Trinajstić information content (AvgIpc) is 2.03. The van der Waals surface area contributed by atoms with Crippen LogP contribution < -0.4 is 11.5 Å². The van der Waals surface area contributed by atoms with Gasteiger partial charge in [-0.15, -0.1) is 0 Å². The lowest BCUT2D eigenvalue weighted by atomic mass is 10.1. The first kappa shape index (κ1) is 10.2. The van der Waals surface area contributed by atoms with Gasteiger partial charge >= 0.3 is 0 Å². The van der Waals surface area contributed by atoms with Crippen LogP contribution in [0.25, 0.3) is 0 Å². The Kier molecular flexibility index (Phi) is 3.70. The van der Waals surface area contributed by atoms with Gasteiger partial charge in [-0.1, -0.05) is 11.6 Å². The summed E-state index contributed by atoms with van der Waals surface area (Å²) in [4.78, 5) is 3.93. The van der Waals surface area contributed by atoms with Crippen molar-refractivity contribution in [1.82, 2.24) is 4.98 Å². The highest BCUT2D eigenvalue weighted by Gasteiger charge is 2.12. The summed E-state index contributed by atoms with van der Waals surface area (Å²) < 4.78 is 1.01. The van der Waals surface area contributed by atoms with E-state index in [9.17, 15) is 0 Å². The third-order valence-electron chi connectivity index (χ3n) is 1.51. The first-order valence-corrected chi connectivity index (χ1v) is 4.88. The second-order valence-corrected chi connectivity index (χ2v) is 3.86. The lowest BCUT2D eigenvalue weighted by molar-refractivity contribution is 0.729. The minimum atomic E-state index is -0.224. The Morgan fingerprint density at radius 2 is 2.33 bits per heavy atom. The number of pyridine rings is 1. The quantitative estimate of drug-likeness (QED) is 0.639. The van der Waals surface area contributed by atoms with Crippen molar-refractivity contribution in [3.8, 4) is 0 Å². The molecule has 1 heterocycles. The second-order valence-electron chi connectivity index (χ2n) is 2.34. The summed E-state index contributed by atoms with van der Waals surface area (Å²) in [5, 5.41) is 0.444. The molecule has 5 heteroatoms. The van der Waals surface area contributed by atoms with Gasteiger partial charge in [-0.05, 0) is 28.7 Å². The van der Waals surface area contributed by atoms with Crippen LogP contribution in [-0.2, 0) is 0 Å². The van der Waals surface area contributed by atoms with E-state index in [1.54, 1.807) is 6.20 Å². The molecule has 1 atom stereocenters. The van der Waals surface area contributed by atoms with Gasteiger partial charge in [-0.25, -0.2) is 4.98 Å². The van der Waals surface area contributed by atoms with Crippen molar-refractivity contribution in [2.24, 2.45) is 11.5 Å². The van der Waals surface area contributed by atoms with E-state index in [-0.39, 0.29) is 6.04 Å². The molecule has 0 unspecified atom stereocenters. The van der Waals surface area contributed by atoms with Gasteiger partial charge in [0, 0.05) is 27.9 Å². The van der Waals surface area contributed by atoms with Crippen molar-refractivity contribution < 1.29 is 0 Å². The number of halogens is 2. The summed E-state index contributed by atoms with van der Waals surface area (Å²) in [6.45, 7) is 0.376. The number of nitrogens with zero attached hydrogens (tertiary/aromatic N) is 1. The van der Waals surface area contributed by atoms with Gasteiger partial charge in [-0.3, -0.25) is 0 Å². The van der Waals surface area contributed by atoms with Crippen LogP contribution in [0.2, 0.25) is 5.15 Å². The van der Waals surface area contributed by atoms with E-state index < -0.39 is 0 Å². The van der Waals surface area contributed by atoms with Crippen LogP contribution in [0.15, 0.2) is 12.3 Å². The lowest BCUT2D eigenvalue weighted by Gasteiger charge is -2.11. The van der Waals surface area contributed by atoms with E-state index in [1.807, 2.05) is 6.07 Å². The fourth-order valence-electron chi connectivity index (χ4n) is 0.874. The van der Waals surface area contributed by atoms with E-state index >= 15 is 0 Å². The van der Waals surface area contributed by atoms with Crippen molar-refractivity contribution in [3.05, 3.63) is 26.5 Å². The van der Waals surface area contributed by atoms with E-state index in [0.717, 1.165) is 9.13 Å². The molecule has 0 spiro atoms. The molecule has 1 rings (SSSR count). The monoisotopic (exact) mass is 297 g/mol. The molecule has 0 aliphatic rings. The number of nitrogens with two attached hydrogens (primary N) is 2. The van der Waals surface area contributed by atoms with Gasteiger partial charge < -0.3 is 11.5 Å². The first-order chi connectivity index (χ1) is 5.66. The molecule has 1 aromatic heterocycles. The standard InChI is InChI=1S/C7H9ClIN3/c8-7-6(5(11)3-10)4(9)1-2-12-7/h1-2,5H,3,10-11H2/t5-/m1/s1. The predicted octanol–water partition coefficient (Wildman–Crippen LogP) is 1.30. The van der Waals surface area contributed by atoms with Gasteiger partial charge in [0.2, 0.25) is 0 Å². The lowest BCUT2D eigenvalue weighted by Crippen LogP contribution is -2.22.